The molecule has 1 atom stereocenters. The molecule has 152 valence electrons. The Bertz CT molecular complexity index is 1040. The highest BCUT2D eigenvalue weighted by atomic mass is 35.5. The van der Waals surface area contributed by atoms with Crippen LogP contribution in [0, 0.1) is 0 Å². The van der Waals surface area contributed by atoms with Crippen molar-refractivity contribution in [2.45, 2.75) is 11.9 Å². The van der Waals surface area contributed by atoms with Crippen molar-refractivity contribution < 1.29 is 9.59 Å². The number of carbonyl (C=O) groups is 2. The molecule has 4 rings (SSSR count). The van der Waals surface area contributed by atoms with E-state index >= 15 is 0 Å². The number of thioether (sulfide) groups is 1. The maximum atomic E-state index is 12.8. The minimum Gasteiger partial charge on any atom is -0.322 e. The first-order chi connectivity index (χ1) is 14.5. The van der Waals surface area contributed by atoms with Crippen LogP contribution in [0.15, 0.2) is 78.9 Å². The third-order valence-corrected chi connectivity index (χ3v) is 6.63. The van der Waals surface area contributed by atoms with Crippen LogP contribution in [0.5, 0.6) is 0 Å². The molecule has 0 N–H and O–H groups in total. The Labute approximate surface area is 185 Å². The molecule has 0 bridgehead atoms. The summed E-state index contributed by atoms with van der Waals surface area (Å²) in [7, 11) is 1.77. The summed E-state index contributed by atoms with van der Waals surface area (Å²) in [5, 5.41) is 0.613. The van der Waals surface area contributed by atoms with Gasteiger partial charge in [-0.05, 0) is 47.5 Å². The minimum atomic E-state index is -0.0686. The van der Waals surface area contributed by atoms with E-state index in [-0.39, 0.29) is 17.2 Å². The molecular weight excluding hydrogens is 416 g/mol. The normalized spacial score (nSPS) is 16.0. The standard InChI is InChI=1S/C24H21ClN2O2S/c1-26(21-5-3-2-4-6-21)23(29)18-9-11-19(12-10-18)24-27(22(28)16-30-24)15-17-7-13-20(25)14-8-17/h2-14,24H,15-16H2,1H3/t24-/m1/s1. The van der Waals surface area contributed by atoms with Crippen molar-refractivity contribution in [2.24, 2.45) is 0 Å². The predicted octanol–water partition coefficient (Wildman–Crippen LogP) is 5.39. The number of anilines is 1. The predicted molar refractivity (Wildman–Crippen MR) is 123 cm³/mol. The Kier molecular flexibility index (Phi) is 6.11. The number of benzene rings is 3. The van der Waals surface area contributed by atoms with E-state index in [9.17, 15) is 9.59 Å². The van der Waals surface area contributed by atoms with Gasteiger partial charge in [0.25, 0.3) is 5.91 Å². The van der Waals surface area contributed by atoms with Gasteiger partial charge < -0.3 is 9.80 Å². The molecule has 0 aromatic heterocycles. The highest BCUT2D eigenvalue weighted by Gasteiger charge is 2.32. The average molecular weight is 437 g/mol. The molecule has 6 heteroatoms. The van der Waals surface area contributed by atoms with E-state index in [2.05, 4.69) is 0 Å². The van der Waals surface area contributed by atoms with Crippen molar-refractivity contribution in [1.82, 2.24) is 4.90 Å². The molecule has 0 aliphatic carbocycles. The summed E-state index contributed by atoms with van der Waals surface area (Å²) >= 11 is 7.57. The second kappa shape index (κ2) is 8.94. The monoisotopic (exact) mass is 436 g/mol. The van der Waals surface area contributed by atoms with Gasteiger partial charge in [0, 0.05) is 29.9 Å². The molecule has 4 nitrogen and oxygen atoms in total. The van der Waals surface area contributed by atoms with E-state index in [0.717, 1.165) is 16.8 Å². The fourth-order valence-corrected chi connectivity index (χ4v) is 4.75. The first kappa shape index (κ1) is 20.5. The third kappa shape index (κ3) is 4.37. The molecule has 30 heavy (non-hydrogen) atoms. The molecule has 1 aliphatic heterocycles. The lowest BCUT2D eigenvalue weighted by Crippen LogP contribution is -2.28. The van der Waals surface area contributed by atoms with Crippen LogP contribution < -0.4 is 4.90 Å². The molecule has 1 fully saturated rings. The van der Waals surface area contributed by atoms with Gasteiger partial charge in [0.05, 0.1) is 5.75 Å². The first-order valence-electron chi connectivity index (χ1n) is 9.61. The summed E-state index contributed by atoms with van der Waals surface area (Å²) in [4.78, 5) is 28.8. The molecule has 0 unspecified atom stereocenters. The highest BCUT2D eigenvalue weighted by molar-refractivity contribution is 8.00. The molecule has 0 spiro atoms. The van der Waals surface area contributed by atoms with E-state index in [1.807, 2.05) is 83.8 Å². The van der Waals surface area contributed by atoms with E-state index in [1.54, 1.807) is 23.7 Å². The van der Waals surface area contributed by atoms with Crippen LogP contribution in [0.1, 0.15) is 26.9 Å². The molecule has 2 amide bonds. The van der Waals surface area contributed by atoms with Crippen molar-refractivity contribution in [1.29, 1.82) is 0 Å². The second-order valence-electron chi connectivity index (χ2n) is 7.13. The summed E-state index contributed by atoms with van der Waals surface area (Å²) in [5.74, 6) is 0.500. The van der Waals surface area contributed by atoms with Gasteiger partial charge in [0.1, 0.15) is 5.37 Å². The second-order valence-corrected chi connectivity index (χ2v) is 8.64. The van der Waals surface area contributed by atoms with Gasteiger partial charge in [-0.1, -0.05) is 54.1 Å². The van der Waals surface area contributed by atoms with E-state index in [1.165, 1.54) is 0 Å². The summed E-state index contributed by atoms with van der Waals surface area (Å²) < 4.78 is 0. The molecule has 0 radical (unpaired) electrons. The van der Waals surface area contributed by atoms with Gasteiger partial charge in [0.15, 0.2) is 0 Å². The first-order valence-corrected chi connectivity index (χ1v) is 11.0. The Balaban J connectivity index is 1.50. The van der Waals surface area contributed by atoms with Gasteiger partial charge in [-0.25, -0.2) is 0 Å². The number of carbonyl (C=O) groups excluding carboxylic acids is 2. The van der Waals surface area contributed by atoms with Crippen LogP contribution in [0.2, 0.25) is 5.02 Å². The largest absolute Gasteiger partial charge is 0.322 e. The lowest BCUT2D eigenvalue weighted by Gasteiger charge is -2.25. The van der Waals surface area contributed by atoms with Crippen molar-refractivity contribution in [2.75, 3.05) is 17.7 Å². The number of hydrogen-bond acceptors (Lipinski definition) is 3. The SMILES string of the molecule is CN(C(=O)c1ccc([C@H]2SCC(=O)N2Cc2ccc(Cl)cc2)cc1)c1ccccc1. The Morgan fingerprint density at radius 3 is 2.37 bits per heavy atom. The highest BCUT2D eigenvalue weighted by Crippen LogP contribution is 2.39. The van der Waals surface area contributed by atoms with E-state index in [0.29, 0.717) is 22.9 Å². The van der Waals surface area contributed by atoms with E-state index < -0.39 is 0 Å². The summed E-state index contributed by atoms with van der Waals surface area (Å²) in [6.45, 7) is 0.533. The number of para-hydroxylation sites is 1. The number of nitrogens with zero attached hydrogens (tertiary/aromatic N) is 2. The summed E-state index contributed by atoms with van der Waals surface area (Å²) in [6, 6.07) is 24.7. The van der Waals surface area contributed by atoms with Gasteiger partial charge >= 0.3 is 0 Å². The number of rotatable bonds is 5. The van der Waals surface area contributed by atoms with Crippen molar-refractivity contribution in [3.05, 3.63) is 101 Å². The van der Waals surface area contributed by atoms with Crippen LogP contribution in [0.3, 0.4) is 0 Å². The maximum Gasteiger partial charge on any atom is 0.258 e. The van der Waals surface area contributed by atoms with Crippen molar-refractivity contribution in [3.8, 4) is 0 Å². The topological polar surface area (TPSA) is 40.6 Å². The average Bonchev–Trinajstić information content (AvgIpc) is 3.15. The molecular formula is C24H21ClN2O2S. The zero-order valence-corrected chi connectivity index (χ0v) is 18.1. The fourth-order valence-electron chi connectivity index (χ4n) is 3.44. The smallest absolute Gasteiger partial charge is 0.258 e. The van der Waals surface area contributed by atoms with Gasteiger partial charge in [0.2, 0.25) is 5.91 Å². The third-order valence-electron chi connectivity index (χ3n) is 5.13. The lowest BCUT2D eigenvalue weighted by molar-refractivity contribution is -0.128. The number of halogens is 1. The van der Waals surface area contributed by atoms with Gasteiger partial charge in [-0.2, -0.15) is 0 Å². The molecule has 0 saturated carbocycles. The summed E-state index contributed by atoms with van der Waals surface area (Å²) in [6.07, 6.45) is 0. The van der Waals surface area contributed by atoms with Gasteiger partial charge in [-0.3, -0.25) is 9.59 Å². The van der Waals surface area contributed by atoms with Crippen molar-refractivity contribution >= 4 is 40.9 Å². The Morgan fingerprint density at radius 1 is 1.03 bits per heavy atom. The Hall–Kier alpha value is -2.76. The van der Waals surface area contributed by atoms with Crippen LogP contribution in [0.4, 0.5) is 5.69 Å². The van der Waals surface area contributed by atoms with Crippen LogP contribution in [0.25, 0.3) is 0 Å². The Morgan fingerprint density at radius 2 is 1.70 bits per heavy atom. The van der Waals surface area contributed by atoms with Crippen molar-refractivity contribution in [3.63, 3.8) is 0 Å². The quantitative estimate of drug-likeness (QED) is 0.538. The van der Waals surface area contributed by atoms with Crippen LogP contribution in [-0.2, 0) is 11.3 Å². The minimum absolute atomic E-state index is 0.0656. The zero-order chi connectivity index (χ0) is 21.1. The summed E-state index contributed by atoms with van der Waals surface area (Å²) in [5.41, 5.74) is 3.51. The molecule has 1 saturated heterocycles. The number of amides is 2. The maximum absolute atomic E-state index is 12.8. The fraction of sp³-hybridized carbons (Fsp3) is 0.167. The van der Waals surface area contributed by atoms with Crippen LogP contribution in [-0.4, -0.2) is 29.5 Å². The zero-order valence-electron chi connectivity index (χ0n) is 16.5. The van der Waals surface area contributed by atoms with E-state index in [4.69, 9.17) is 11.6 Å². The van der Waals surface area contributed by atoms with Crippen LogP contribution >= 0.6 is 23.4 Å². The molecule has 3 aromatic rings. The lowest BCUT2D eigenvalue weighted by atomic mass is 10.1. The molecule has 3 aromatic carbocycles. The molecule has 1 aliphatic rings. The van der Waals surface area contributed by atoms with Gasteiger partial charge in [-0.15, -0.1) is 11.8 Å². The molecule has 1 heterocycles. The number of hydrogen-bond donors (Lipinski definition) is 0.